The van der Waals surface area contributed by atoms with E-state index in [0.29, 0.717) is 17.9 Å². The van der Waals surface area contributed by atoms with Crippen molar-refractivity contribution in [1.29, 1.82) is 0 Å². The van der Waals surface area contributed by atoms with Gasteiger partial charge in [-0.2, -0.15) is 5.10 Å². The molecule has 0 aliphatic rings. The molecule has 9 nitrogen and oxygen atoms in total. The number of nitro groups is 1. The van der Waals surface area contributed by atoms with E-state index in [4.69, 9.17) is 15.7 Å². The first kappa shape index (κ1) is 14.3. The van der Waals surface area contributed by atoms with E-state index in [1.54, 1.807) is 18.2 Å². The summed E-state index contributed by atoms with van der Waals surface area (Å²) in [7, 11) is 1.46. The Morgan fingerprint density at radius 1 is 1.62 bits per heavy atom. The fourth-order valence-corrected chi connectivity index (χ4v) is 1.82. The van der Waals surface area contributed by atoms with Gasteiger partial charge in [0.05, 0.1) is 24.1 Å². The number of rotatable bonds is 5. The predicted octanol–water partition coefficient (Wildman–Crippen LogP) is 0.943. The summed E-state index contributed by atoms with van der Waals surface area (Å²) in [5.41, 5.74) is 6.72. The first-order chi connectivity index (χ1) is 10.0. The highest BCUT2D eigenvalue weighted by molar-refractivity contribution is 5.99. The Kier molecular flexibility index (Phi) is 4.02. The molecule has 21 heavy (non-hydrogen) atoms. The highest BCUT2D eigenvalue weighted by atomic mass is 16.6. The number of nitrogens with two attached hydrogens (primary N) is 1. The summed E-state index contributed by atoms with van der Waals surface area (Å²) < 4.78 is 6.62. The van der Waals surface area contributed by atoms with Crippen LogP contribution >= 0.6 is 0 Å². The zero-order valence-corrected chi connectivity index (χ0v) is 11.1. The molecule has 1 aromatic heterocycles. The second kappa shape index (κ2) is 5.90. The molecule has 1 heterocycles. The van der Waals surface area contributed by atoms with Gasteiger partial charge in [0.1, 0.15) is 18.1 Å². The average Bonchev–Trinajstić information content (AvgIpc) is 2.95. The molecule has 0 amide bonds. The Labute approximate surface area is 119 Å². The van der Waals surface area contributed by atoms with Crippen LogP contribution in [0.3, 0.4) is 0 Å². The number of ether oxygens (including phenoxy) is 1. The van der Waals surface area contributed by atoms with Crippen LogP contribution < -0.4 is 10.5 Å². The van der Waals surface area contributed by atoms with Gasteiger partial charge in [0.25, 0.3) is 0 Å². The number of oxime groups is 1. The Bertz CT molecular complexity index is 695. The maximum absolute atomic E-state index is 10.6. The van der Waals surface area contributed by atoms with E-state index in [-0.39, 0.29) is 11.5 Å². The van der Waals surface area contributed by atoms with Crippen LogP contribution in [0.25, 0.3) is 0 Å². The lowest BCUT2D eigenvalue weighted by Crippen LogP contribution is -2.14. The highest BCUT2D eigenvalue weighted by Gasteiger charge is 2.11. The molecule has 110 valence electrons. The highest BCUT2D eigenvalue weighted by Crippen LogP contribution is 2.21. The van der Waals surface area contributed by atoms with Gasteiger partial charge in [-0.25, -0.2) is 0 Å². The molecule has 0 aliphatic carbocycles. The first-order valence-corrected chi connectivity index (χ1v) is 5.86. The van der Waals surface area contributed by atoms with E-state index in [2.05, 4.69) is 10.3 Å². The second-order valence-electron chi connectivity index (χ2n) is 4.17. The quantitative estimate of drug-likeness (QED) is 0.277. The topological polar surface area (TPSA) is 129 Å². The van der Waals surface area contributed by atoms with Gasteiger partial charge in [-0.3, -0.25) is 14.8 Å². The number of hydrogen-bond acceptors (Lipinski definition) is 6. The van der Waals surface area contributed by atoms with Crippen molar-refractivity contribution < 1.29 is 14.9 Å². The molecular formula is C12H13N5O4. The minimum atomic E-state index is -0.508. The van der Waals surface area contributed by atoms with Crippen molar-refractivity contribution in [3.8, 4) is 5.75 Å². The Balaban J connectivity index is 2.26. The summed E-state index contributed by atoms with van der Waals surface area (Å²) in [4.78, 5) is 10.1. The lowest BCUT2D eigenvalue weighted by Gasteiger charge is -2.09. The smallest absolute Gasteiger partial charge is 0.307 e. The van der Waals surface area contributed by atoms with Crippen LogP contribution in [0, 0.1) is 10.1 Å². The second-order valence-corrected chi connectivity index (χ2v) is 4.17. The van der Waals surface area contributed by atoms with Crippen LogP contribution in [-0.2, 0) is 6.54 Å². The molecule has 9 heteroatoms. The van der Waals surface area contributed by atoms with E-state index < -0.39 is 4.92 Å². The van der Waals surface area contributed by atoms with E-state index in [1.165, 1.54) is 24.2 Å². The van der Waals surface area contributed by atoms with Crippen LogP contribution in [0.5, 0.6) is 5.75 Å². The van der Waals surface area contributed by atoms with Crippen molar-refractivity contribution in [2.45, 2.75) is 6.54 Å². The third-order valence-electron chi connectivity index (χ3n) is 2.82. The number of amidine groups is 1. The maximum atomic E-state index is 10.6. The SMILES string of the molecule is COc1cc(Cn2cc([N+](=O)[O-])cn2)ccc1/C(N)=N/O. The summed E-state index contributed by atoms with van der Waals surface area (Å²) >= 11 is 0. The molecule has 2 rings (SSSR count). The van der Waals surface area contributed by atoms with Gasteiger partial charge >= 0.3 is 5.69 Å². The molecule has 0 aliphatic heterocycles. The maximum Gasteiger partial charge on any atom is 0.307 e. The van der Waals surface area contributed by atoms with Crippen molar-refractivity contribution in [3.05, 3.63) is 51.8 Å². The monoisotopic (exact) mass is 291 g/mol. The lowest BCUT2D eigenvalue weighted by molar-refractivity contribution is -0.385. The van der Waals surface area contributed by atoms with Gasteiger partial charge in [0, 0.05) is 0 Å². The van der Waals surface area contributed by atoms with Gasteiger partial charge in [-0.1, -0.05) is 11.2 Å². The van der Waals surface area contributed by atoms with Crippen LogP contribution in [0.1, 0.15) is 11.1 Å². The number of nitrogens with zero attached hydrogens (tertiary/aromatic N) is 4. The van der Waals surface area contributed by atoms with Crippen LogP contribution in [0.4, 0.5) is 5.69 Å². The van der Waals surface area contributed by atoms with E-state index >= 15 is 0 Å². The Morgan fingerprint density at radius 3 is 2.95 bits per heavy atom. The largest absolute Gasteiger partial charge is 0.496 e. The molecule has 2 aromatic rings. The van der Waals surface area contributed by atoms with Crippen LogP contribution in [0.15, 0.2) is 35.7 Å². The summed E-state index contributed by atoms with van der Waals surface area (Å²) in [6, 6.07) is 5.07. The van der Waals surface area contributed by atoms with Gasteiger partial charge in [0.15, 0.2) is 5.84 Å². The van der Waals surface area contributed by atoms with Gasteiger partial charge in [-0.15, -0.1) is 0 Å². The molecule has 0 spiro atoms. The molecule has 0 radical (unpaired) electrons. The zero-order valence-electron chi connectivity index (χ0n) is 11.1. The normalized spacial score (nSPS) is 11.4. The van der Waals surface area contributed by atoms with E-state index in [1.807, 2.05) is 0 Å². The van der Waals surface area contributed by atoms with Crippen molar-refractivity contribution in [1.82, 2.24) is 9.78 Å². The predicted molar refractivity (Wildman–Crippen MR) is 73.5 cm³/mol. The minimum absolute atomic E-state index is 0.0619. The van der Waals surface area contributed by atoms with Gasteiger partial charge in [0.2, 0.25) is 0 Å². The third-order valence-corrected chi connectivity index (χ3v) is 2.82. The molecule has 0 saturated carbocycles. The molecule has 0 fully saturated rings. The molecular weight excluding hydrogens is 278 g/mol. The van der Waals surface area contributed by atoms with Crippen molar-refractivity contribution in [3.63, 3.8) is 0 Å². The molecule has 0 saturated heterocycles. The molecule has 3 N–H and O–H groups in total. The Hall–Kier alpha value is -3.10. The fourth-order valence-electron chi connectivity index (χ4n) is 1.82. The Morgan fingerprint density at radius 2 is 2.38 bits per heavy atom. The summed E-state index contributed by atoms with van der Waals surface area (Å²) in [6.07, 6.45) is 2.52. The fraction of sp³-hybridized carbons (Fsp3) is 0.167. The third kappa shape index (κ3) is 3.08. The van der Waals surface area contributed by atoms with Gasteiger partial charge < -0.3 is 15.7 Å². The summed E-state index contributed by atoms with van der Waals surface area (Å²) in [5.74, 6) is 0.373. The molecule has 0 bridgehead atoms. The van der Waals surface area contributed by atoms with Crippen molar-refractivity contribution >= 4 is 11.5 Å². The number of benzene rings is 1. The summed E-state index contributed by atoms with van der Waals surface area (Å²) in [5, 5.41) is 26.1. The number of methoxy groups -OCH3 is 1. The average molecular weight is 291 g/mol. The number of aromatic nitrogens is 2. The van der Waals surface area contributed by atoms with Crippen molar-refractivity contribution in [2.24, 2.45) is 10.9 Å². The summed E-state index contributed by atoms with van der Waals surface area (Å²) in [6.45, 7) is 0.334. The molecule has 0 atom stereocenters. The molecule has 0 unspecified atom stereocenters. The molecule has 1 aromatic carbocycles. The lowest BCUT2D eigenvalue weighted by atomic mass is 10.1. The van der Waals surface area contributed by atoms with Crippen LogP contribution in [-0.4, -0.2) is 32.9 Å². The first-order valence-electron chi connectivity index (χ1n) is 5.86. The van der Waals surface area contributed by atoms with E-state index in [9.17, 15) is 10.1 Å². The zero-order chi connectivity index (χ0) is 15.4. The van der Waals surface area contributed by atoms with Crippen LogP contribution in [0.2, 0.25) is 0 Å². The minimum Gasteiger partial charge on any atom is -0.496 e. The van der Waals surface area contributed by atoms with Crippen molar-refractivity contribution in [2.75, 3.05) is 7.11 Å². The standard InChI is InChI=1S/C12H13N5O4/c1-21-11-4-8(2-3-10(11)12(13)15-18)6-16-7-9(5-14-16)17(19)20/h2-5,7,18H,6H2,1H3,(H2,13,15). The number of hydrogen-bond donors (Lipinski definition) is 2. The van der Waals surface area contributed by atoms with E-state index in [0.717, 1.165) is 5.56 Å². The van der Waals surface area contributed by atoms with Gasteiger partial charge in [-0.05, 0) is 17.7 Å².